The Labute approximate surface area is 109 Å². The molecule has 0 aliphatic rings. The van der Waals surface area contributed by atoms with E-state index < -0.39 is 0 Å². The molecule has 1 N–H and O–H groups in total. The number of hydrogen-bond donors (Lipinski definition) is 1. The van der Waals surface area contributed by atoms with Crippen LogP contribution >= 0.6 is 11.8 Å². The standard InChI is InChI=1S/C12H13N3O2S/c1-18-7-6-14-11-2-3-12(15(16)17)10-8-13-5-4-9(10)11/h2-5,8,14H,6-7H2,1H3. The van der Waals surface area contributed by atoms with Crippen LogP contribution in [0.15, 0.2) is 30.6 Å². The number of pyridine rings is 1. The van der Waals surface area contributed by atoms with E-state index in [0.717, 1.165) is 23.4 Å². The molecule has 94 valence electrons. The summed E-state index contributed by atoms with van der Waals surface area (Å²) in [5, 5.41) is 15.6. The highest BCUT2D eigenvalue weighted by Crippen LogP contribution is 2.30. The van der Waals surface area contributed by atoms with Crippen molar-refractivity contribution in [3.8, 4) is 0 Å². The molecule has 0 spiro atoms. The van der Waals surface area contributed by atoms with Gasteiger partial charge >= 0.3 is 0 Å². The zero-order chi connectivity index (χ0) is 13.0. The maximum atomic E-state index is 10.9. The molecule has 0 saturated carbocycles. The van der Waals surface area contributed by atoms with Gasteiger partial charge in [0.15, 0.2) is 0 Å². The van der Waals surface area contributed by atoms with Gasteiger partial charge in [-0.2, -0.15) is 11.8 Å². The van der Waals surface area contributed by atoms with Crippen molar-refractivity contribution in [2.24, 2.45) is 0 Å². The molecular weight excluding hydrogens is 250 g/mol. The molecule has 0 saturated heterocycles. The van der Waals surface area contributed by atoms with Gasteiger partial charge in [-0.15, -0.1) is 0 Å². The first kappa shape index (κ1) is 12.6. The van der Waals surface area contributed by atoms with Gasteiger partial charge in [0, 0.05) is 41.8 Å². The van der Waals surface area contributed by atoms with Gasteiger partial charge in [0.2, 0.25) is 0 Å². The van der Waals surface area contributed by atoms with Gasteiger partial charge in [-0.25, -0.2) is 0 Å². The first-order chi connectivity index (χ1) is 8.74. The van der Waals surface area contributed by atoms with Crippen molar-refractivity contribution in [3.63, 3.8) is 0 Å². The van der Waals surface area contributed by atoms with Gasteiger partial charge in [-0.05, 0) is 18.4 Å². The zero-order valence-corrected chi connectivity index (χ0v) is 10.7. The molecule has 0 aliphatic carbocycles. The minimum absolute atomic E-state index is 0.0912. The maximum absolute atomic E-state index is 10.9. The molecule has 5 nitrogen and oxygen atoms in total. The first-order valence-electron chi connectivity index (χ1n) is 5.48. The second kappa shape index (κ2) is 5.68. The van der Waals surface area contributed by atoms with Crippen LogP contribution in [0.25, 0.3) is 10.8 Å². The van der Waals surface area contributed by atoms with Crippen LogP contribution in [0.2, 0.25) is 0 Å². The van der Waals surface area contributed by atoms with Crippen LogP contribution in [0.3, 0.4) is 0 Å². The van der Waals surface area contributed by atoms with E-state index in [4.69, 9.17) is 0 Å². The number of non-ortho nitro benzene ring substituents is 1. The molecule has 0 aliphatic heterocycles. The van der Waals surface area contributed by atoms with Gasteiger partial charge in [0.1, 0.15) is 0 Å². The van der Waals surface area contributed by atoms with E-state index in [9.17, 15) is 10.1 Å². The van der Waals surface area contributed by atoms with Crippen LogP contribution in [0.5, 0.6) is 0 Å². The Bertz CT molecular complexity index is 574. The zero-order valence-electron chi connectivity index (χ0n) is 9.92. The number of nitro benzene ring substituents is 1. The van der Waals surface area contributed by atoms with Crippen LogP contribution in [0.4, 0.5) is 11.4 Å². The first-order valence-corrected chi connectivity index (χ1v) is 6.87. The fourth-order valence-electron chi connectivity index (χ4n) is 1.78. The summed E-state index contributed by atoms with van der Waals surface area (Å²) in [6.45, 7) is 0.830. The normalized spacial score (nSPS) is 10.5. The molecular formula is C12H13N3O2S. The summed E-state index contributed by atoms with van der Waals surface area (Å²) < 4.78 is 0. The second-order valence-corrected chi connectivity index (χ2v) is 4.72. The maximum Gasteiger partial charge on any atom is 0.278 e. The Hall–Kier alpha value is -1.82. The van der Waals surface area contributed by atoms with Crippen LogP contribution in [-0.4, -0.2) is 28.5 Å². The van der Waals surface area contributed by atoms with Crippen molar-refractivity contribution in [3.05, 3.63) is 40.7 Å². The lowest BCUT2D eigenvalue weighted by atomic mass is 10.1. The molecule has 0 radical (unpaired) electrons. The van der Waals surface area contributed by atoms with Gasteiger partial charge < -0.3 is 5.32 Å². The Morgan fingerprint density at radius 3 is 2.94 bits per heavy atom. The fraction of sp³-hybridized carbons (Fsp3) is 0.250. The quantitative estimate of drug-likeness (QED) is 0.510. The number of hydrogen-bond acceptors (Lipinski definition) is 5. The smallest absolute Gasteiger partial charge is 0.278 e. The molecule has 1 heterocycles. The Kier molecular flexibility index (Phi) is 3.99. The minimum Gasteiger partial charge on any atom is -0.384 e. The van der Waals surface area contributed by atoms with Crippen molar-refractivity contribution >= 4 is 33.9 Å². The number of aromatic nitrogens is 1. The summed E-state index contributed by atoms with van der Waals surface area (Å²) in [7, 11) is 0. The van der Waals surface area contributed by atoms with E-state index in [1.54, 1.807) is 30.1 Å². The summed E-state index contributed by atoms with van der Waals surface area (Å²) in [6, 6.07) is 5.07. The van der Waals surface area contributed by atoms with Crippen molar-refractivity contribution in [2.45, 2.75) is 0 Å². The van der Waals surface area contributed by atoms with E-state index in [1.807, 2.05) is 6.26 Å². The molecule has 0 amide bonds. The average molecular weight is 263 g/mol. The lowest BCUT2D eigenvalue weighted by Gasteiger charge is -2.09. The van der Waals surface area contributed by atoms with E-state index >= 15 is 0 Å². The van der Waals surface area contributed by atoms with Gasteiger partial charge in [0.25, 0.3) is 5.69 Å². The van der Waals surface area contributed by atoms with Crippen LogP contribution < -0.4 is 5.32 Å². The van der Waals surface area contributed by atoms with Crippen molar-refractivity contribution < 1.29 is 4.92 Å². The molecule has 1 aromatic carbocycles. The van der Waals surface area contributed by atoms with Crippen molar-refractivity contribution in [1.29, 1.82) is 0 Å². The highest BCUT2D eigenvalue weighted by molar-refractivity contribution is 7.98. The van der Waals surface area contributed by atoms with Crippen LogP contribution in [0, 0.1) is 10.1 Å². The lowest BCUT2D eigenvalue weighted by Crippen LogP contribution is -2.04. The molecule has 0 atom stereocenters. The molecule has 2 aromatic rings. The summed E-state index contributed by atoms with van der Waals surface area (Å²) in [5.74, 6) is 0.990. The Balaban J connectivity index is 2.44. The number of nitrogens with one attached hydrogen (secondary N) is 1. The van der Waals surface area contributed by atoms with Gasteiger partial charge in [-0.1, -0.05) is 0 Å². The third-order valence-electron chi connectivity index (χ3n) is 2.61. The summed E-state index contributed by atoms with van der Waals surface area (Å²) in [5.41, 5.74) is 1.00. The SMILES string of the molecule is CSCCNc1ccc([N+](=O)[O-])c2cnccc12. The predicted octanol–water partition coefficient (Wildman–Crippen LogP) is 2.92. The van der Waals surface area contributed by atoms with E-state index in [0.29, 0.717) is 5.39 Å². The monoisotopic (exact) mass is 263 g/mol. The third-order valence-corrected chi connectivity index (χ3v) is 3.23. The number of rotatable bonds is 5. The molecule has 1 aromatic heterocycles. The number of fused-ring (bicyclic) bond motifs is 1. The topological polar surface area (TPSA) is 68.1 Å². The molecule has 2 rings (SSSR count). The Morgan fingerprint density at radius 2 is 2.22 bits per heavy atom. The fourth-order valence-corrected chi connectivity index (χ4v) is 2.08. The predicted molar refractivity (Wildman–Crippen MR) is 75.3 cm³/mol. The number of nitrogens with zero attached hydrogens (tertiary/aromatic N) is 2. The van der Waals surface area contributed by atoms with Gasteiger partial charge in [-0.3, -0.25) is 15.1 Å². The van der Waals surface area contributed by atoms with Crippen LogP contribution in [0.1, 0.15) is 0 Å². The highest BCUT2D eigenvalue weighted by atomic mass is 32.2. The van der Waals surface area contributed by atoms with Gasteiger partial charge in [0.05, 0.1) is 10.3 Å². The highest BCUT2D eigenvalue weighted by Gasteiger charge is 2.13. The largest absolute Gasteiger partial charge is 0.384 e. The molecule has 0 bridgehead atoms. The minimum atomic E-state index is -0.379. The number of nitro groups is 1. The van der Waals surface area contributed by atoms with E-state index in [-0.39, 0.29) is 10.6 Å². The molecule has 6 heteroatoms. The number of benzene rings is 1. The Morgan fingerprint density at radius 1 is 1.39 bits per heavy atom. The summed E-state index contributed by atoms with van der Waals surface area (Å²) in [6.07, 6.45) is 5.22. The number of thioether (sulfide) groups is 1. The van der Waals surface area contributed by atoms with Crippen molar-refractivity contribution in [1.82, 2.24) is 4.98 Å². The summed E-state index contributed by atoms with van der Waals surface area (Å²) in [4.78, 5) is 14.5. The lowest BCUT2D eigenvalue weighted by molar-refractivity contribution is -0.383. The van der Waals surface area contributed by atoms with Crippen molar-refractivity contribution in [2.75, 3.05) is 23.9 Å². The second-order valence-electron chi connectivity index (χ2n) is 3.73. The molecule has 18 heavy (non-hydrogen) atoms. The molecule has 0 fully saturated rings. The van der Waals surface area contributed by atoms with Crippen LogP contribution in [-0.2, 0) is 0 Å². The third kappa shape index (κ3) is 2.53. The molecule has 0 unspecified atom stereocenters. The number of anilines is 1. The summed E-state index contributed by atoms with van der Waals surface area (Å²) >= 11 is 1.75. The van der Waals surface area contributed by atoms with E-state index in [2.05, 4.69) is 10.3 Å². The van der Waals surface area contributed by atoms with E-state index in [1.165, 1.54) is 12.3 Å². The average Bonchev–Trinajstić information content (AvgIpc) is 2.38.